The Bertz CT molecular complexity index is 2600. The Hall–Kier alpha value is -6.14. The van der Waals surface area contributed by atoms with Crippen LogP contribution in [-0.4, -0.2) is 12.6 Å². The molecule has 0 aliphatic rings. The van der Waals surface area contributed by atoms with Gasteiger partial charge in [0.05, 0.1) is 0 Å². The number of thiophene rings is 1. The predicted molar refractivity (Wildman–Crippen MR) is 219 cm³/mol. The van der Waals surface area contributed by atoms with Crippen molar-refractivity contribution in [3.8, 4) is 22.3 Å². The Balaban J connectivity index is 0.000000126. The minimum atomic E-state index is 0.165. The van der Waals surface area contributed by atoms with Crippen molar-refractivity contribution in [1.29, 1.82) is 5.41 Å². The van der Waals surface area contributed by atoms with Crippen LogP contribution in [0.15, 0.2) is 173 Å². The predicted octanol–water partition coefficient (Wildman–Crippen LogP) is 12.5. The first kappa shape index (κ1) is 33.4. The van der Waals surface area contributed by atoms with E-state index in [1.165, 1.54) is 42.4 Å². The van der Waals surface area contributed by atoms with Crippen molar-refractivity contribution in [3.05, 3.63) is 180 Å². The first-order valence-electron chi connectivity index (χ1n) is 16.8. The highest BCUT2D eigenvalue weighted by Gasteiger charge is 2.13. The van der Waals surface area contributed by atoms with Crippen molar-refractivity contribution in [2.45, 2.75) is 13.5 Å². The van der Waals surface area contributed by atoms with Crippen LogP contribution in [0.25, 0.3) is 64.4 Å². The van der Waals surface area contributed by atoms with E-state index in [4.69, 9.17) is 15.6 Å². The smallest absolute Gasteiger partial charge is 0.151 e. The minimum absolute atomic E-state index is 0.165. The standard InChI is InChI=1S/C20H14N2O.C13H13N.C13H10S/c1-22-20(21)14-10-11-17-16(12-14)19-15(8-5-9-18(19)23-17)13-6-3-2-4-7-13;14-10-11-6-8-13(9-7-11)12-4-2-1-3-5-12;1-9-5-4-8-12-13(9)10-6-2-3-7-11(10)14-12/h2-12,21H,1H2;1-9H,10,14H2;2-8H,1H3. The van der Waals surface area contributed by atoms with Crippen LogP contribution in [-0.2, 0) is 6.54 Å². The molecule has 3 N–H and O–H groups in total. The lowest BCUT2D eigenvalue weighted by atomic mass is 9.99. The quantitative estimate of drug-likeness (QED) is 0.143. The van der Waals surface area contributed by atoms with E-state index < -0.39 is 0 Å². The summed E-state index contributed by atoms with van der Waals surface area (Å²) in [6.45, 7) is 6.22. The SMILES string of the molecule is C=NC(=N)c1ccc2oc3cccc(-c4ccccc4)c3c2c1.Cc1cccc2sc3ccccc3c12.NCc1ccc(-c2ccccc2)cc1. The van der Waals surface area contributed by atoms with Crippen LogP contribution in [0.5, 0.6) is 0 Å². The molecule has 0 bridgehead atoms. The second-order valence-electron chi connectivity index (χ2n) is 12.2. The van der Waals surface area contributed by atoms with Gasteiger partial charge in [-0.15, -0.1) is 11.3 Å². The zero-order valence-corrected chi connectivity index (χ0v) is 29.2. The molecule has 4 nitrogen and oxygen atoms in total. The molecular formula is C46H37N3OS. The molecule has 0 amide bonds. The number of nitrogens with zero attached hydrogens (tertiary/aromatic N) is 1. The number of hydrogen-bond donors (Lipinski definition) is 2. The number of fused-ring (bicyclic) bond motifs is 6. The summed E-state index contributed by atoms with van der Waals surface area (Å²) in [4.78, 5) is 3.71. The fourth-order valence-electron chi connectivity index (χ4n) is 6.34. The molecule has 0 aliphatic heterocycles. The van der Waals surface area contributed by atoms with Gasteiger partial charge in [-0.25, -0.2) is 4.99 Å². The van der Waals surface area contributed by atoms with Crippen LogP contribution in [0.4, 0.5) is 0 Å². The molecular weight excluding hydrogens is 643 g/mol. The highest BCUT2D eigenvalue weighted by molar-refractivity contribution is 7.25. The van der Waals surface area contributed by atoms with E-state index in [0.29, 0.717) is 6.54 Å². The molecule has 9 rings (SSSR count). The van der Waals surface area contributed by atoms with Gasteiger partial charge in [-0.05, 0) is 83.4 Å². The molecule has 5 heteroatoms. The highest BCUT2D eigenvalue weighted by atomic mass is 32.1. The maximum atomic E-state index is 7.87. The molecule has 0 unspecified atom stereocenters. The molecule has 0 atom stereocenters. The zero-order chi connectivity index (χ0) is 35.2. The Morgan fingerprint density at radius 1 is 0.627 bits per heavy atom. The summed E-state index contributed by atoms with van der Waals surface area (Å²) in [6.07, 6.45) is 0. The molecule has 0 aliphatic carbocycles. The fraction of sp³-hybridized carbons (Fsp3) is 0.0435. The Morgan fingerprint density at radius 2 is 1.27 bits per heavy atom. The van der Waals surface area contributed by atoms with Crippen molar-refractivity contribution in [1.82, 2.24) is 0 Å². The van der Waals surface area contributed by atoms with E-state index >= 15 is 0 Å². The van der Waals surface area contributed by atoms with Crippen molar-refractivity contribution in [2.24, 2.45) is 10.7 Å². The van der Waals surface area contributed by atoms with Gasteiger partial charge in [-0.3, -0.25) is 5.41 Å². The Labute approximate surface area is 301 Å². The number of rotatable bonds is 4. The monoisotopic (exact) mass is 679 g/mol. The summed E-state index contributed by atoms with van der Waals surface area (Å²) in [6, 6.07) is 55.8. The van der Waals surface area contributed by atoms with Crippen molar-refractivity contribution in [3.63, 3.8) is 0 Å². The molecule has 0 spiro atoms. The lowest BCUT2D eigenvalue weighted by molar-refractivity contribution is 0.669. The molecule has 0 saturated heterocycles. The number of aliphatic imine (C=N–C) groups is 1. The molecule has 0 fully saturated rings. The number of benzene rings is 7. The normalized spacial score (nSPS) is 10.8. The third-order valence-corrected chi connectivity index (χ3v) is 10.1. The second kappa shape index (κ2) is 15.2. The van der Waals surface area contributed by atoms with Gasteiger partial charge in [0.25, 0.3) is 0 Å². The van der Waals surface area contributed by atoms with Gasteiger partial charge < -0.3 is 10.2 Å². The largest absolute Gasteiger partial charge is 0.456 e. The molecule has 9 aromatic rings. The van der Waals surface area contributed by atoms with E-state index in [2.05, 4.69) is 116 Å². The van der Waals surface area contributed by atoms with Crippen LogP contribution in [0.2, 0.25) is 0 Å². The van der Waals surface area contributed by atoms with Gasteiger partial charge in [0.2, 0.25) is 0 Å². The second-order valence-corrected chi connectivity index (χ2v) is 13.3. The summed E-state index contributed by atoms with van der Waals surface area (Å²) < 4.78 is 8.75. The summed E-state index contributed by atoms with van der Waals surface area (Å²) in [5.74, 6) is 0.165. The molecule has 0 saturated carbocycles. The number of nitrogens with two attached hydrogens (primary N) is 1. The number of nitrogens with one attached hydrogen (secondary N) is 1. The van der Waals surface area contributed by atoms with Crippen LogP contribution in [0.3, 0.4) is 0 Å². The molecule has 2 heterocycles. The Kier molecular flexibility index (Phi) is 9.93. The van der Waals surface area contributed by atoms with Crippen LogP contribution < -0.4 is 5.73 Å². The van der Waals surface area contributed by atoms with E-state index in [-0.39, 0.29) is 5.84 Å². The van der Waals surface area contributed by atoms with Gasteiger partial charge in [-0.2, -0.15) is 0 Å². The van der Waals surface area contributed by atoms with Crippen molar-refractivity contribution < 1.29 is 4.42 Å². The molecule has 248 valence electrons. The number of hydrogen-bond acceptors (Lipinski definition) is 4. The first-order chi connectivity index (χ1) is 25.0. The third-order valence-electron chi connectivity index (χ3n) is 8.92. The lowest BCUT2D eigenvalue weighted by Gasteiger charge is -2.04. The average molecular weight is 680 g/mol. The average Bonchev–Trinajstić information content (AvgIpc) is 3.78. The molecule has 7 aromatic carbocycles. The zero-order valence-electron chi connectivity index (χ0n) is 28.3. The molecule has 2 aromatic heterocycles. The maximum Gasteiger partial charge on any atom is 0.151 e. The summed E-state index contributed by atoms with van der Waals surface area (Å²) in [5.41, 5.74) is 15.2. The van der Waals surface area contributed by atoms with Gasteiger partial charge in [0, 0.05) is 43.1 Å². The highest BCUT2D eigenvalue weighted by Crippen LogP contribution is 2.37. The first-order valence-corrected chi connectivity index (χ1v) is 17.6. The lowest BCUT2D eigenvalue weighted by Crippen LogP contribution is -1.95. The van der Waals surface area contributed by atoms with E-state index in [1.807, 2.05) is 78.1 Å². The van der Waals surface area contributed by atoms with Gasteiger partial charge in [0.1, 0.15) is 11.2 Å². The number of aryl methyl sites for hydroxylation is 1. The van der Waals surface area contributed by atoms with Gasteiger partial charge in [-0.1, -0.05) is 127 Å². The summed E-state index contributed by atoms with van der Waals surface area (Å²) in [7, 11) is 0. The Morgan fingerprint density at radius 3 is 2.00 bits per heavy atom. The third kappa shape index (κ3) is 7.12. The molecule has 0 radical (unpaired) electrons. The van der Waals surface area contributed by atoms with Crippen molar-refractivity contribution in [2.75, 3.05) is 0 Å². The topological polar surface area (TPSA) is 75.4 Å². The summed E-state index contributed by atoms with van der Waals surface area (Å²) in [5, 5.41) is 12.7. The molecule has 51 heavy (non-hydrogen) atoms. The van der Waals surface area contributed by atoms with E-state index in [1.54, 1.807) is 0 Å². The van der Waals surface area contributed by atoms with Gasteiger partial charge in [0.15, 0.2) is 5.84 Å². The number of furan rings is 1. The van der Waals surface area contributed by atoms with Gasteiger partial charge >= 0.3 is 0 Å². The fourth-order valence-corrected chi connectivity index (χ4v) is 7.52. The van der Waals surface area contributed by atoms with Crippen LogP contribution in [0, 0.1) is 12.3 Å². The summed E-state index contributed by atoms with van der Waals surface area (Å²) >= 11 is 1.88. The maximum absolute atomic E-state index is 7.87. The van der Waals surface area contributed by atoms with E-state index in [9.17, 15) is 0 Å². The van der Waals surface area contributed by atoms with Crippen LogP contribution in [0.1, 0.15) is 16.7 Å². The van der Waals surface area contributed by atoms with Crippen LogP contribution >= 0.6 is 11.3 Å². The van der Waals surface area contributed by atoms with E-state index in [0.717, 1.165) is 38.6 Å². The minimum Gasteiger partial charge on any atom is -0.456 e. The number of amidine groups is 1. The van der Waals surface area contributed by atoms with Crippen molar-refractivity contribution >= 4 is 66.0 Å².